The third-order valence-corrected chi connectivity index (χ3v) is 4.11. The second kappa shape index (κ2) is 7.25. The van der Waals surface area contributed by atoms with Crippen molar-refractivity contribution in [1.82, 2.24) is 0 Å². The van der Waals surface area contributed by atoms with Crippen molar-refractivity contribution in [1.29, 1.82) is 0 Å². The molecular weight excluding hydrogens is 342 g/mol. The van der Waals surface area contributed by atoms with Gasteiger partial charge in [-0.25, -0.2) is 14.6 Å². The van der Waals surface area contributed by atoms with Crippen LogP contribution in [0.4, 0.5) is 0 Å². The SMILES string of the molecule is O=C1OC(c2ccccc2)=NC1=C1C=CC(OC(=O)c2ccccc2)=CC1. The molecule has 0 radical (unpaired) electrons. The molecule has 0 saturated heterocycles. The molecule has 27 heavy (non-hydrogen) atoms. The van der Waals surface area contributed by atoms with Crippen molar-refractivity contribution in [2.45, 2.75) is 6.42 Å². The van der Waals surface area contributed by atoms with Crippen LogP contribution < -0.4 is 0 Å². The zero-order valence-corrected chi connectivity index (χ0v) is 14.3. The molecule has 2 aliphatic rings. The molecule has 0 aromatic heterocycles. The van der Waals surface area contributed by atoms with Crippen LogP contribution in [0.1, 0.15) is 22.3 Å². The predicted molar refractivity (Wildman–Crippen MR) is 99.8 cm³/mol. The number of cyclic esters (lactones) is 1. The highest BCUT2D eigenvalue weighted by Gasteiger charge is 2.27. The quantitative estimate of drug-likeness (QED) is 0.616. The first kappa shape index (κ1) is 16.7. The van der Waals surface area contributed by atoms with Gasteiger partial charge in [0.05, 0.1) is 5.56 Å². The molecule has 0 fully saturated rings. The first-order chi connectivity index (χ1) is 13.2. The van der Waals surface area contributed by atoms with Gasteiger partial charge in [-0.1, -0.05) is 42.5 Å². The van der Waals surface area contributed by atoms with E-state index in [0.29, 0.717) is 29.2 Å². The Kier molecular flexibility index (Phi) is 4.49. The van der Waals surface area contributed by atoms with E-state index in [1.165, 1.54) is 0 Å². The lowest BCUT2D eigenvalue weighted by atomic mass is 10.0. The van der Waals surface area contributed by atoms with E-state index in [0.717, 1.165) is 5.56 Å². The summed E-state index contributed by atoms with van der Waals surface area (Å²) in [6, 6.07) is 18.0. The minimum absolute atomic E-state index is 0.273. The maximum Gasteiger partial charge on any atom is 0.364 e. The molecule has 0 unspecified atom stereocenters. The van der Waals surface area contributed by atoms with Gasteiger partial charge in [-0.3, -0.25) is 0 Å². The minimum atomic E-state index is -0.480. The van der Waals surface area contributed by atoms with Gasteiger partial charge in [0, 0.05) is 5.56 Å². The second-order valence-corrected chi connectivity index (χ2v) is 5.95. The first-order valence-corrected chi connectivity index (χ1v) is 8.45. The highest BCUT2D eigenvalue weighted by Crippen LogP contribution is 2.26. The summed E-state index contributed by atoms with van der Waals surface area (Å²) in [5.41, 5.74) is 2.21. The molecule has 0 amide bonds. The Hall–Kier alpha value is -3.73. The smallest absolute Gasteiger partial charge is 0.364 e. The summed E-state index contributed by atoms with van der Waals surface area (Å²) >= 11 is 0. The van der Waals surface area contributed by atoms with Gasteiger partial charge < -0.3 is 9.47 Å². The van der Waals surface area contributed by atoms with Gasteiger partial charge in [0.15, 0.2) is 5.70 Å². The van der Waals surface area contributed by atoms with Gasteiger partial charge in [0.1, 0.15) is 5.76 Å². The average Bonchev–Trinajstić information content (AvgIpc) is 3.11. The van der Waals surface area contributed by atoms with E-state index in [2.05, 4.69) is 4.99 Å². The molecule has 0 saturated carbocycles. The fourth-order valence-electron chi connectivity index (χ4n) is 2.73. The van der Waals surface area contributed by atoms with Crippen molar-refractivity contribution >= 4 is 17.8 Å². The number of hydrogen-bond acceptors (Lipinski definition) is 5. The van der Waals surface area contributed by atoms with Gasteiger partial charge >= 0.3 is 11.9 Å². The number of aliphatic imine (C=N–C) groups is 1. The first-order valence-electron chi connectivity index (χ1n) is 8.45. The van der Waals surface area contributed by atoms with Gasteiger partial charge in [0.25, 0.3) is 0 Å². The van der Waals surface area contributed by atoms with Gasteiger partial charge in [-0.15, -0.1) is 0 Å². The number of hydrogen-bond donors (Lipinski definition) is 0. The normalized spacial score (nSPS) is 18.6. The summed E-state index contributed by atoms with van der Waals surface area (Å²) in [6.45, 7) is 0. The fraction of sp³-hybridized carbons (Fsp3) is 0.0455. The third kappa shape index (κ3) is 3.62. The third-order valence-electron chi connectivity index (χ3n) is 4.11. The van der Waals surface area contributed by atoms with Crippen LogP contribution in [0.2, 0.25) is 0 Å². The van der Waals surface area contributed by atoms with Crippen molar-refractivity contribution < 1.29 is 19.1 Å². The Bertz CT molecular complexity index is 1010. The number of ether oxygens (including phenoxy) is 2. The van der Waals surface area contributed by atoms with E-state index in [1.807, 2.05) is 36.4 Å². The van der Waals surface area contributed by atoms with E-state index < -0.39 is 11.9 Å². The number of carbonyl (C=O) groups excluding carboxylic acids is 2. The van der Waals surface area contributed by atoms with Gasteiger partial charge in [-0.2, -0.15) is 0 Å². The molecule has 0 atom stereocenters. The monoisotopic (exact) mass is 357 g/mol. The standard InChI is InChI=1S/C22H15NO4/c24-21(17-9-5-2-6-10-17)26-18-13-11-15(12-14-18)19-22(25)27-20(23-19)16-7-3-1-4-8-16/h1-11,13-14H,12H2. The van der Waals surface area contributed by atoms with Crippen LogP contribution in [0.3, 0.4) is 0 Å². The van der Waals surface area contributed by atoms with E-state index in [4.69, 9.17) is 9.47 Å². The topological polar surface area (TPSA) is 65.0 Å². The van der Waals surface area contributed by atoms with Crippen LogP contribution in [-0.2, 0) is 14.3 Å². The maximum atomic E-state index is 12.2. The molecule has 0 bridgehead atoms. The summed E-state index contributed by atoms with van der Waals surface area (Å²) in [6.07, 6.45) is 5.54. The zero-order valence-electron chi connectivity index (χ0n) is 14.3. The Morgan fingerprint density at radius 3 is 2.33 bits per heavy atom. The van der Waals surface area contributed by atoms with Gasteiger partial charge in [-0.05, 0) is 48.4 Å². The number of rotatable bonds is 3. The van der Waals surface area contributed by atoms with Gasteiger partial charge in [0.2, 0.25) is 5.90 Å². The fourth-order valence-corrected chi connectivity index (χ4v) is 2.73. The van der Waals surface area contributed by atoms with Crippen LogP contribution in [0, 0.1) is 0 Å². The van der Waals surface area contributed by atoms with Crippen LogP contribution in [-0.4, -0.2) is 17.8 Å². The minimum Gasteiger partial charge on any atom is -0.423 e. The zero-order chi connectivity index (χ0) is 18.6. The molecule has 2 aromatic carbocycles. The largest absolute Gasteiger partial charge is 0.423 e. The van der Waals surface area contributed by atoms with Crippen LogP contribution >= 0.6 is 0 Å². The molecule has 1 aliphatic carbocycles. The molecular formula is C22H15NO4. The summed E-state index contributed by atoms with van der Waals surface area (Å²) < 4.78 is 10.6. The summed E-state index contributed by atoms with van der Waals surface area (Å²) in [4.78, 5) is 28.6. The van der Waals surface area contributed by atoms with Crippen molar-refractivity contribution in [2.75, 3.05) is 0 Å². The van der Waals surface area contributed by atoms with E-state index in [9.17, 15) is 9.59 Å². The predicted octanol–water partition coefficient (Wildman–Crippen LogP) is 3.94. The van der Waals surface area contributed by atoms with E-state index in [-0.39, 0.29) is 5.70 Å². The van der Waals surface area contributed by atoms with E-state index in [1.54, 1.807) is 42.5 Å². The number of esters is 2. The van der Waals surface area contributed by atoms with Crippen LogP contribution in [0.15, 0.2) is 101 Å². The molecule has 0 spiro atoms. The summed E-state index contributed by atoms with van der Waals surface area (Å²) in [5, 5.41) is 0. The van der Waals surface area contributed by atoms with Crippen molar-refractivity contribution in [3.8, 4) is 0 Å². The Labute approximate surface area is 156 Å². The van der Waals surface area contributed by atoms with Crippen molar-refractivity contribution in [3.63, 3.8) is 0 Å². The molecule has 0 N–H and O–H groups in total. The Balaban J connectivity index is 1.50. The van der Waals surface area contributed by atoms with Crippen LogP contribution in [0.5, 0.6) is 0 Å². The molecule has 1 heterocycles. The van der Waals surface area contributed by atoms with Crippen LogP contribution in [0.25, 0.3) is 0 Å². The summed E-state index contributed by atoms with van der Waals surface area (Å²) in [7, 11) is 0. The van der Waals surface area contributed by atoms with Crippen molar-refractivity contribution in [2.24, 2.45) is 4.99 Å². The Morgan fingerprint density at radius 2 is 1.67 bits per heavy atom. The lowest BCUT2D eigenvalue weighted by molar-refractivity contribution is -0.130. The highest BCUT2D eigenvalue weighted by atomic mass is 16.6. The number of carbonyl (C=O) groups is 2. The maximum absolute atomic E-state index is 12.2. The molecule has 5 heteroatoms. The molecule has 132 valence electrons. The lowest BCUT2D eigenvalue weighted by Gasteiger charge is -2.10. The summed E-state index contributed by atoms with van der Waals surface area (Å²) in [5.74, 6) is -0.174. The van der Waals surface area contributed by atoms with Crippen molar-refractivity contribution in [3.05, 3.63) is 107 Å². The second-order valence-electron chi connectivity index (χ2n) is 5.95. The number of allylic oxidation sites excluding steroid dienone is 4. The Morgan fingerprint density at radius 1 is 0.963 bits per heavy atom. The number of nitrogens with zero attached hydrogens (tertiary/aromatic N) is 1. The average molecular weight is 357 g/mol. The lowest BCUT2D eigenvalue weighted by Crippen LogP contribution is -2.07. The molecule has 2 aromatic rings. The highest BCUT2D eigenvalue weighted by molar-refractivity contribution is 6.11. The van der Waals surface area contributed by atoms with E-state index >= 15 is 0 Å². The molecule has 1 aliphatic heterocycles. The number of benzene rings is 2. The molecule has 5 nitrogen and oxygen atoms in total. The molecule has 4 rings (SSSR count).